The van der Waals surface area contributed by atoms with E-state index < -0.39 is 12.7 Å². The van der Waals surface area contributed by atoms with Crippen molar-refractivity contribution in [2.45, 2.75) is 63.6 Å². The topological polar surface area (TPSA) is 32.3 Å². The van der Waals surface area contributed by atoms with Gasteiger partial charge in [0.1, 0.15) is 6.54 Å². The molecule has 1 fully saturated rings. The zero-order valence-corrected chi connectivity index (χ0v) is 12.4. The first-order chi connectivity index (χ1) is 9.32. The molecule has 1 amide bonds. The number of carbonyl (C=O) groups is 1. The molecule has 0 unspecified atom stereocenters. The fraction of sp³-hybridized carbons (Fsp3) is 0.929. The molecule has 0 aromatic heterocycles. The Morgan fingerprint density at radius 1 is 1.25 bits per heavy atom. The van der Waals surface area contributed by atoms with Gasteiger partial charge in [-0.15, -0.1) is 0 Å². The van der Waals surface area contributed by atoms with Crippen molar-refractivity contribution in [3.05, 3.63) is 0 Å². The van der Waals surface area contributed by atoms with Crippen LogP contribution in [-0.4, -0.2) is 42.7 Å². The predicted molar refractivity (Wildman–Crippen MR) is 72.4 cm³/mol. The van der Waals surface area contributed by atoms with E-state index in [1.807, 2.05) is 0 Å². The molecule has 0 atom stereocenters. The van der Waals surface area contributed by atoms with Crippen LogP contribution in [0.1, 0.15) is 51.9 Å². The molecule has 1 N–H and O–H groups in total. The fourth-order valence-electron chi connectivity index (χ4n) is 2.92. The van der Waals surface area contributed by atoms with Gasteiger partial charge >= 0.3 is 6.18 Å². The highest BCUT2D eigenvalue weighted by Gasteiger charge is 2.37. The van der Waals surface area contributed by atoms with E-state index in [1.165, 1.54) is 0 Å². The summed E-state index contributed by atoms with van der Waals surface area (Å²) in [4.78, 5) is 13.2. The zero-order chi connectivity index (χ0) is 15.2. The van der Waals surface area contributed by atoms with E-state index in [0.29, 0.717) is 6.42 Å². The van der Waals surface area contributed by atoms with Crippen molar-refractivity contribution in [3.8, 4) is 0 Å². The number of hydrogen-bond acceptors (Lipinski definition) is 2. The van der Waals surface area contributed by atoms with Crippen LogP contribution >= 0.6 is 0 Å². The van der Waals surface area contributed by atoms with Gasteiger partial charge in [0.2, 0.25) is 5.91 Å². The summed E-state index contributed by atoms with van der Waals surface area (Å²) in [5.74, 6) is -0.388. The van der Waals surface area contributed by atoms with E-state index in [4.69, 9.17) is 0 Å². The lowest BCUT2D eigenvalue weighted by Crippen LogP contribution is -2.50. The lowest BCUT2D eigenvalue weighted by Gasteiger charge is -2.38. The van der Waals surface area contributed by atoms with Crippen LogP contribution in [0.5, 0.6) is 0 Å². The monoisotopic (exact) mass is 294 g/mol. The number of carbonyl (C=O) groups excluding carboxylic acids is 1. The molecular formula is C14H25F3N2O. The van der Waals surface area contributed by atoms with Crippen LogP contribution < -0.4 is 5.32 Å². The Kier molecular flexibility index (Phi) is 6.30. The Morgan fingerprint density at radius 2 is 1.85 bits per heavy atom. The van der Waals surface area contributed by atoms with Gasteiger partial charge in [-0.3, -0.25) is 4.79 Å². The van der Waals surface area contributed by atoms with Gasteiger partial charge in [-0.2, -0.15) is 13.2 Å². The van der Waals surface area contributed by atoms with Gasteiger partial charge in [0, 0.05) is 18.5 Å². The second-order valence-corrected chi connectivity index (χ2v) is 5.70. The SMILES string of the molecule is CCCN(CC(F)(F)F)C(=O)CC1(NC)CCCCC1. The molecule has 0 spiro atoms. The lowest BCUT2D eigenvalue weighted by molar-refractivity contribution is -0.162. The first-order valence-corrected chi connectivity index (χ1v) is 7.35. The van der Waals surface area contributed by atoms with Crippen molar-refractivity contribution in [2.24, 2.45) is 0 Å². The van der Waals surface area contributed by atoms with Crippen molar-refractivity contribution in [1.82, 2.24) is 10.2 Å². The normalized spacial score (nSPS) is 18.9. The van der Waals surface area contributed by atoms with E-state index in [-0.39, 0.29) is 24.4 Å². The summed E-state index contributed by atoms with van der Waals surface area (Å²) >= 11 is 0. The van der Waals surface area contributed by atoms with Gasteiger partial charge in [0.05, 0.1) is 0 Å². The molecule has 0 radical (unpaired) electrons. The summed E-state index contributed by atoms with van der Waals surface area (Å²) < 4.78 is 37.6. The van der Waals surface area contributed by atoms with Crippen molar-refractivity contribution in [3.63, 3.8) is 0 Å². The number of halogens is 3. The molecule has 0 aromatic carbocycles. The number of amides is 1. The Hall–Kier alpha value is -0.780. The lowest BCUT2D eigenvalue weighted by atomic mass is 9.79. The minimum Gasteiger partial charge on any atom is -0.334 e. The molecule has 0 heterocycles. The third-order valence-corrected chi connectivity index (χ3v) is 4.05. The van der Waals surface area contributed by atoms with Gasteiger partial charge in [0.25, 0.3) is 0 Å². The molecular weight excluding hydrogens is 269 g/mol. The molecule has 1 aliphatic rings. The minimum atomic E-state index is -4.33. The van der Waals surface area contributed by atoms with E-state index in [9.17, 15) is 18.0 Å². The van der Waals surface area contributed by atoms with Crippen molar-refractivity contribution >= 4 is 5.91 Å². The van der Waals surface area contributed by atoms with Crippen molar-refractivity contribution < 1.29 is 18.0 Å². The third kappa shape index (κ3) is 5.31. The van der Waals surface area contributed by atoms with E-state index in [2.05, 4.69) is 5.32 Å². The average Bonchev–Trinajstić information content (AvgIpc) is 2.38. The molecule has 0 saturated heterocycles. The highest BCUT2D eigenvalue weighted by Crippen LogP contribution is 2.31. The van der Waals surface area contributed by atoms with Crippen LogP contribution in [0.4, 0.5) is 13.2 Å². The maximum absolute atomic E-state index is 12.5. The molecule has 1 rings (SSSR count). The van der Waals surface area contributed by atoms with Crippen LogP contribution in [0.15, 0.2) is 0 Å². The standard InChI is InChI=1S/C14H25F3N2O/c1-3-9-19(11-14(15,16)17)12(20)10-13(18-2)7-5-4-6-8-13/h18H,3-11H2,1-2H3. The summed E-state index contributed by atoms with van der Waals surface area (Å²) in [6.45, 7) is 0.808. The third-order valence-electron chi connectivity index (χ3n) is 4.05. The maximum Gasteiger partial charge on any atom is 0.406 e. The smallest absolute Gasteiger partial charge is 0.334 e. The molecule has 118 valence electrons. The molecule has 0 bridgehead atoms. The fourth-order valence-corrected chi connectivity index (χ4v) is 2.92. The van der Waals surface area contributed by atoms with Crippen LogP contribution in [-0.2, 0) is 4.79 Å². The first kappa shape index (κ1) is 17.3. The van der Waals surface area contributed by atoms with Crippen LogP contribution in [0.3, 0.4) is 0 Å². The van der Waals surface area contributed by atoms with Gasteiger partial charge in [-0.25, -0.2) is 0 Å². The second-order valence-electron chi connectivity index (χ2n) is 5.70. The quantitative estimate of drug-likeness (QED) is 0.816. The first-order valence-electron chi connectivity index (χ1n) is 7.35. The largest absolute Gasteiger partial charge is 0.406 e. The second kappa shape index (κ2) is 7.29. The van der Waals surface area contributed by atoms with E-state index in [0.717, 1.165) is 37.0 Å². The number of alkyl halides is 3. The molecule has 20 heavy (non-hydrogen) atoms. The Morgan fingerprint density at radius 3 is 2.30 bits per heavy atom. The zero-order valence-electron chi connectivity index (χ0n) is 12.4. The minimum absolute atomic E-state index is 0.165. The van der Waals surface area contributed by atoms with Gasteiger partial charge in [-0.05, 0) is 26.3 Å². The summed E-state index contributed by atoms with van der Waals surface area (Å²) in [5, 5.41) is 3.18. The molecule has 3 nitrogen and oxygen atoms in total. The van der Waals surface area contributed by atoms with E-state index >= 15 is 0 Å². The molecule has 1 aliphatic carbocycles. The number of nitrogens with zero attached hydrogens (tertiary/aromatic N) is 1. The molecule has 6 heteroatoms. The summed E-state index contributed by atoms with van der Waals surface area (Å²) in [6, 6.07) is 0. The Balaban J connectivity index is 2.68. The van der Waals surface area contributed by atoms with E-state index in [1.54, 1.807) is 14.0 Å². The molecule has 0 aliphatic heterocycles. The van der Waals surface area contributed by atoms with Crippen LogP contribution in [0.2, 0.25) is 0 Å². The summed E-state index contributed by atoms with van der Waals surface area (Å²) in [5.41, 5.74) is -0.313. The van der Waals surface area contributed by atoms with Gasteiger partial charge in [-0.1, -0.05) is 26.2 Å². The van der Waals surface area contributed by atoms with Crippen LogP contribution in [0.25, 0.3) is 0 Å². The molecule has 0 aromatic rings. The van der Waals surface area contributed by atoms with Gasteiger partial charge < -0.3 is 10.2 Å². The predicted octanol–water partition coefficient (Wildman–Crippen LogP) is 3.10. The Labute approximate surface area is 118 Å². The highest BCUT2D eigenvalue weighted by atomic mass is 19.4. The highest BCUT2D eigenvalue weighted by molar-refractivity contribution is 5.77. The van der Waals surface area contributed by atoms with Crippen LogP contribution in [0, 0.1) is 0 Å². The number of nitrogens with one attached hydrogen (secondary N) is 1. The maximum atomic E-state index is 12.5. The number of hydrogen-bond donors (Lipinski definition) is 1. The average molecular weight is 294 g/mol. The van der Waals surface area contributed by atoms with Crippen molar-refractivity contribution in [2.75, 3.05) is 20.1 Å². The van der Waals surface area contributed by atoms with Gasteiger partial charge in [0.15, 0.2) is 0 Å². The number of rotatable bonds is 6. The Bertz CT molecular complexity index is 312. The summed E-state index contributed by atoms with van der Waals surface area (Å²) in [7, 11) is 1.80. The van der Waals surface area contributed by atoms with Crippen molar-refractivity contribution in [1.29, 1.82) is 0 Å². The summed E-state index contributed by atoms with van der Waals surface area (Å²) in [6.07, 6.45) is 1.29. The molecule has 1 saturated carbocycles.